The summed E-state index contributed by atoms with van der Waals surface area (Å²) >= 11 is 9.62. The van der Waals surface area contributed by atoms with Gasteiger partial charge in [-0.3, -0.25) is 0 Å². The molecule has 0 N–H and O–H groups in total. The van der Waals surface area contributed by atoms with E-state index < -0.39 is 0 Å². The average Bonchev–Trinajstić information content (AvgIpc) is 2.29. The van der Waals surface area contributed by atoms with E-state index in [9.17, 15) is 4.39 Å². The summed E-state index contributed by atoms with van der Waals surface area (Å²) in [4.78, 5) is 0. The average molecular weight is 308 g/mol. The molecule has 1 aromatic rings. The van der Waals surface area contributed by atoms with Crippen LogP contribution in [0.4, 0.5) is 4.39 Å². The van der Waals surface area contributed by atoms with Crippen molar-refractivity contribution in [2.45, 2.75) is 33.1 Å². The van der Waals surface area contributed by atoms with Crippen molar-refractivity contribution in [2.75, 3.05) is 5.33 Å². The van der Waals surface area contributed by atoms with Gasteiger partial charge in [0.25, 0.3) is 0 Å². The van der Waals surface area contributed by atoms with E-state index in [0.717, 1.165) is 30.2 Å². The summed E-state index contributed by atoms with van der Waals surface area (Å²) in [6.07, 6.45) is 3.06. The zero-order valence-electron chi connectivity index (χ0n) is 9.69. The minimum absolute atomic E-state index is 0.224. The molecule has 0 bridgehead atoms. The lowest BCUT2D eigenvalue weighted by Crippen LogP contribution is -2.24. The summed E-state index contributed by atoms with van der Waals surface area (Å²) in [7, 11) is 0. The lowest BCUT2D eigenvalue weighted by atomic mass is 9.79. The Hall–Kier alpha value is -0.0800. The molecule has 0 aliphatic heterocycles. The highest BCUT2D eigenvalue weighted by Crippen LogP contribution is 2.35. The van der Waals surface area contributed by atoms with Gasteiger partial charge in [0.05, 0.1) is 0 Å². The lowest BCUT2D eigenvalue weighted by molar-refractivity contribution is 0.307. The van der Waals surface area contributed by atoms with Crippen molar-refractivity contribution >= 4 is 27.5 Å². The van der Waals surface area contributed by atoms with Crippen molar-refractivity contribution in [1.82, 2.24) is 0 Å². The summed E-state index contributed by atoms with van der Waals surface area (Å²) in [6, 6.07) is 4.66. The van der Waals surface area contributed by atoms with Gasteiger partial charge in [-0.2, -0.15) is 0 Å². The Kier molecular flexibility index (Phi) is 5.26. The number of halogens is 3. The first-order valence-corrected chi connectivity index (χ1v) is 7.06. The fraction of sp³-hybridized carbons (Fsp3) is 0.538. The van der Waals surface area contributed by atoms with E-state index in [1.54, 1.807) is 6.07 Å². The van der Waals surface area contributed by atoms with Gasteiger partial charge in [0.15, 0.2) is 0 Å². The molecule has 0 amide bonds. The van der Waals surface area contributed by atoms with Crippen LogP contribution in [-0.4, -0.2) is 5.33 Å². The van der Waals surface area contributed by atoms with Crippen molar-refractivity contribution in [3.8, 4) is 0 Å². The van der Waals surface area contributed by atoms with Gasteiger partial charge < -0.3 is 0 Å². The van der Waals surface area contributed by atoms with Gasteiger partial charge in [0, 0.05) is 10.4 Å². The molecule has 0 spiro atoms. The first-order chi connectivity index (χ1) is 7.56. The minimum Gasteiger partial charge on any atom is -0.207 e. The molecule has 0 fully saturated rings. The molecule has 0 aliphatic carbocycles. The molecule has 3 heteroatoms. The van der Waals surface area contributed by atoms with Crippen LogP contribution in [0.3, 0.4) is 0 Å². The Morgan fingerprint density at radius 1 is 1.31 bits per heavy atom. The molecule has 1 aromatic carbocycles. The zero-order valence-corrected chi connectivity index (χ0v) is 12.0. The number of rotatable bonds is 5. The summed E-state index contributed by atoms with van der Waals surface area (Å²) in [5.41, 5.74) is 1.26. The van der Waals surface area contributed by atoms with E-state index >= 15 is 0 Å². The minimum atomic E-state index is -0.272. The van der Waals surface area contributed by atoms with E-state index in [1.807, 2.05) is 0 Å². The molecular weight excluding hydrogens is 290 g/mol. The Labute approximate surface area is 110 Å². The maximum absolute atomic E-state index is 12.9. The molecular formula is C13H17BrClF. The third-order valence-electron chi connectivity index (χ3n) is 3.36. The Balaban J connectivity index is 2.93. The monoisotopic (exact) mass is 306 g/mol. The molecule has 0 aliphatic rings. The van der Waals surface area contributed by atoms with Crippen LogP contribution >= 0.6 is 27.5 Å². The van der Waals surface area contributed by atoms with Gasteiger partial charge in [-0.15, -0.1) is 0 Å². The van der Waals surface area contributed by atoms with E-state index in [0.29, 0.717) is 5.02 Å². The summed E-state index contributed by atoms with van der Waals surface area (Å²) in [5, 5.41) is 1.48. The van der Waals surface area contributed by atoms with Crippen molar-refractivity contribution in [2.24, 2.45) is 5.41 Å². The summed E-state index contributed by atoms with van der Waals surface area (Å²) in [5.74, 6) is -0.272. The molecule has 0 atom stereocenters. The van der Waals surface area contributed by atoms with Crippen molar-refractivity contribution < 1.29 is 4.39 Å². The number of alkyl halides is 1. The number of hydrogen-bond donors (Lipinski definition) is 0. The van der Waals surface area contributed by atoms with E-state index in [-0.39, 0.29) is 11.2 Å². The second-order valence-electron chi connectivity index (χ2n) is 4.25. The summed E-state index contributed by atoms with van der Waals surface area (Å²) < 4.78 is 12.9. The quantitative estimate of drug-likeness (QED) is 0.654. The van der Waals surface area contributed by atoms with Crippen LogP contribution in [0.2, 0.25) is 5.02 Å². The van der Waals surface area contributed by atoms with Gasteiger partial charge in [-0.25, -0.2) is 4.39 Å². The molecule has 16 heavy (non-hydrogen) atoms. The maximum atomic E-state index is 12.9. The van der Waals surface area contributed by atoms with Crippen LogP contribution in [0, 0.1) is 11.2 Å². The van der Waals surface area contributed by atoms with Gasteiger partial charge in [0.2, 0.25) is 0 Å². The maximum Gasteiger partial charge on any atom is 0.124 e. The smallest absolute Gasteiger partial charge is 0.124 e. The van der Waals surface area contributed by atoms with Crippen LogP contribution in [0.25, 0.3) is 0 Å². The summed E-state index contributed by atoms with van der Waals surface area (Å²) in [6.45, 7) is 4.37. The van der Waals surface area contributed by atoms with Gasteiger partial charge in [0.1, 0.15) is 5.82 Å². The highest BCUT2D eigenvalue weighted by molar-refractivity contribution is 9.09. The first-order valence-electron chi connectivity index (χ1n) is 5.57. The SMILES string of the molecule is CCC(CC)(CBr)Cc1ccc(F)cc1Cl. The largest absolute Gasteiger partial charge is 0.207 e. The third kappa shape index (κ3) is 3.21. The third-order valence-corrected chi connectivity index (χ3v) is 4.91. The first kappa shape index (κ1) is 14.0. The Bertz CT molecular complexity index is 340. The highest BCUT2D eigenvalue weighted by Gasteiger charge is 2.26. The van der Waals surface area contributed by atoms with Gasteiger partial charge in [-0.1, -0.05) is 47.4 Å². The van der Waals surface area contributed by atoms with E-state index in [2.05, 4.69) is 29.8 Å². The van der Waals surface area contributed by atoms with Crippen LogP contribution in [0.15, 0.2) is 18.2 Å². The van der Waals surface area contributed by atoms with Crippen LogP contribution in [-0.2, 0) is 6.42 Å². The molecule has 0 aromatic heterocycles. The van der Waals surface area contributed by atoms with Crippen LogP contribution in [0.1, 0.15) is 32.3 Å². The number of hydrogen-bond acceptors (Lipinski definition) is 0. The second kappa shape index (κ2) is 6.02. The van der Waals surface area contributed by atoms with Gasteiger partial charge >= 0.3 is 0 Å². The van der Waals surface area contributed by atoms with E-state index in [4.69, 9.17) is 11.6 Å². The predicted molar refractivity (Wildman–Crippen MR) is 71.9 cm³/mol. The van der Waals surface area contributed by atoms with Crippen LogP contribution in [0.5, 0.6) is 0 Å². The predicted octanol–water partition coefficient (Wildman–Crippen LogP) is 5.22. The molecule has 0 radical (unpaired) electrons. The standard InChI is InChI=1S/C13H17BrClF/c1-3-13(4-2,9-14)8-10-5-6-11(16)7-12(10)15/h5-7H,3-4,8-9H2,1-2H3. The van der Waals surface area contributed by atoms with Crippen molar-refractivity contribution in [3.05, 3.63) is 34.6 Å². The molecule has 1 rings (SSSR count). The van der Waals surface area contributed by atoms with Gasteiger partial charge in [-0.05, 0) is 42.4 Å². The Morgan fingerprint density at radius 3 is 2.38 bits per heavy atom. The normalized spacial score (nSPS) is 11.8. The Morgan fingerprint density at radius 2 is 1.94 bits per heavy atom. The van der Waals surface area contributed by atoms with Crippen molar-refractivity contribution in [3.63, 3.8) is 0 Å². The zero-order chi connectivity index (χ0) is 12.2. The number of benzene rings is 1. The lowest BCUT2D eigenvalue weighted by Gasteiger charge is -2.30. The molecule has 0 saturated heterocycles. The molecule has 90 valence electrons. The molecule has 0 saturated carbocycles. The highest BCUT2D eigenvalue weighted by atomic mass is 79.9. The molecule has 0 unspecified atom stereocenters. The second-order valence-corrected chi connectivity index (χ2v) is 5.22. The van der Waals surface area contributed by atoms with Crippen LogP contribution < -0.4 is 0 Å². The molecule has 0 heterocycles. The van der Waals surface area contributed by atoms with Crippen molar-refractivity contribution in [1.29, 1.82) is 0 Å². The van der Waals surface area contributed by atoms with E-state index in [1.165, 1.54) is 12.1 Å². The topological polar surface area (TPSA) is 0 Å². The fourth-order valence-electron chi connectivity index (χ4n) is 1.81. The molecule has 0 nitrogen and oxygen atoms in total. The fourth-order valence-corrected chi connectivity index (χ4v) is 3.03.